The molecule has 2 N–H and O–H groups in total. The van der Waals surface area contributed by atoms with Crippen molar-refractivity contribution in [3.8, 4) is 0 Å². The largest absolute Gasteiger partial charge is 0.454 e. The first-order chi connectivity index (χ1) is 12.6. The third-order valence-corrected chi connectivity index (χ3v) is 6.57. The summed E-state index contributed by atoms with van der Waals surface area (Å²) in [5.74, 6) is -1.56. The monoisotopic (exact) mass is 372 g/mol. The minimum Gasteiger partial charge on any atom is -0.454 e. The summed E-state index contributed by atoms with van der Waals surface area (Å²) in [6, 6.07) is 8.65. The van der Waals surface area contributed by atoms with Gasteiger partial charge in [0.2, 0.25) is 0 Å². The highest BCUT2D eigenvalue weighted by Crippen LogP contribution is 2.57. The van der Waals surface area contributed by atoms with Gasteiger partial charge in [-0.25, -0.2) is 4.79 Å². The van der Waals surface area contributed by atoms with Crippen molar-refractivity contribution in [1.29, 1.82) is 0 Å². The van der Waals surface area contributed by atoms with Gasteiger partial charge in [-0.05, 0) is 49.5 Å². The van der Waals surface area contributed by atoms with Gasteiger partial charge in [-0.2, -0.15) is 0 Å². The average molecular weight is 372 g/mol. The topological polar surface area (TPSA) is 83.8 Å². The molecular weight excluding hydrogens is 344 g/mol. The van der Waals surface area contributed by atoms with E-state index in [1.165, 1.54) is 0 Å². The van der Waals surface area contributed by atoms with E-state index in [1.807, 2.05) is 26.8 Å². The van der Waals surface area contributed by atoms with Gasteiger partial charge in [0.1, 0.15) is 12.2 Å². The predicted octanol–water partition coefficient (Wildman–Crippen LogP) is 2.91. The Morgan fingerprint density at radius 2 is 1.85 bits per heavy atom. The van der Waals surface area contributed by atoms with E-state index in [4.69, 9.17) is 4.74 Å². The number of carbonyl (C=O) groups excluding carboxylic acids is 2. The molecule has 2 aliphatic carbocycles. The molecule has 146 valence electrons. The van der Waals surface area contributed by atoms with Gasteiger partial charge in [-0.15, -0.1) is 0 Å². The highest BCUT2D eigenvalue weighted by atomic mass is 16.5. The van der Waals surface area contributed by atoms with E-state index in [1.54, 1.807) is 37.3 Å². The molecule has 5 nitrogen and oxygen atoms in total. The van der Waals surface area contributed by atoms with E-state index in [-0.39, 0.29) is 11.7 Å². The van der Waals surface area contributed by atoms with Crippen LogP contribution in [0, 0.1) is 17.3 Å². The fourth-order valence-electron chi connectivity index (χ4n) is 4.77. The summed E-state index contributed by atoms with van der Waals surface area (Å²) in [6.07, 6.45) is 0.508. The van der Waals surface area contributed by atoms with Crippen molar-refractivity contribution in [1.82, 2.24) is 0 Å². The molecule has 0 amide bonds. The number of hydrogen-bond acceptors (Lipinski definition) is 5. The van der Waals surface area contributed by atoms with E-state index in [9.17, 15) is 19.8 Å². The molecule has 0 unspecified atom stereocenters. The zero-order valence-electron chi connectivity index (χ0n) is 16.3. The maximum atomic E-state index is 12.7. The minimum atomic E-state index is -1.23. The fourth-order valence-corrected chi connectivity index (χ4v) is 4.77. The second kappa shape index (κ2) is 6.88. The zero-order valence-corrected chi connectivity index (χ0v) is 16.3. The smallest absolute Gasteiger partial charge is 0.338 e. The Hall–Kier alpha value is -1.98. The molecule has 1 aromatic rings. The Balaban J connectivity index is 2.05. The van der Waals surface area contributed by atoms with E-state index in [2.05, 4.69) is 0 Å². The number of esters is 1. The number of Topliss-reactive ketones (excluding diaryl/α,β-unsaturated/α-hetero) is 1. The molecule has 1 aromatic carbocycles. The summed E-state index contributed by atoms with van der Waals surface area (Å²) in [4.78, 5) is 25.3. The average Bonchev–Trinajstić information content (AvgIpc) is 2.90. The lowest BCUT2D eigenvalue weighted by atomic mass is 9.66. The molecule has 5 atom stereocenters. The van der Waals surface area contributed by atoms with Crippen LogP contribution in [0.25, 0.3) is 0 Å². The number of carbonyl (C=O) groups is 2. The summed E-state index contributed by atoms with van der Waals surface area (Å²) in [5, 5.41) is 22.3. The Bertz CT molecular complexity index is 768. The molecule has 3 rings (SSSR count). The van der Waals surface area contributed by atoms with Crippen molar-refractivity contribution in [2.24, 2.45) is 17.3 Å². The van der Waals surface area contributed by atoms with Crippen molar-refractivity contribution in [2.45, 2.75) is 58.3 Å². The number of rotatable bonds is 3. The Morgan fingerprint density at radius 1 is 1.22 bits per heavy atom. The van der Waals surface area contributed by atoms with Crippen LogP contribution < -0.4 is 0 Å². The van der Waals surface area contributed by atoms with Gasteiger partial charge in [-0.3, -0.25) is 4.79 Å². The van der Waals surface area contributed by atoms with Crippen molar-refractivity contribution in [3.05, 3.63) is 47.5 Å². The van der Waals surface area contributed by atoms with Crippen LogP contribution in [0.1, 0.15) is 50.9 Å². The highest BCUT2D eigenvalue weighted by molar-refractivity contribution is 5.99. The van der Waals surface area contributed by atoms with Gasteiger partial charge >= 0.3 is 5.97 Å². The van der Waals surface area contributed by atoms with Gasteiger partial charge in [0.25, 0.3) is 0 Å². The summed E-state index contributed by atoms with van der Waals surface area (Å²) in [5.41, 5.74) is -1.24. The molecule has 0 bridgehead atoms. The second-order valence-corrected chi connectivity index (χ2v) is 8.48. The van der Waals surface area contributed by atoms with Crippen LogP contribution in [-0.4, -0.2) is 39.8 Å². The number of aliphatic hydroxyl groups excluding tert-OH is 1. The molecule has 0 aliphatic heterocycles. The first-order valence-electron chi connectivity index (χ1n) is 9.50. The normalized spacial score (nSPS) is 36.2. The third kappa shape index (κ3) is 3.13. The number of aliphatic hydroxyl groups is 2. The van der Waals surface area contributed by atoms with Crippen molar-refractivity contribution >= 4 is 11.8 Å². The summed E-state index contributed by atoms with van der Waals surface area (Å²) in [7, 11) is 0. The van der Waals surface area contributed by atoms with Crippen LogP contribution in [0.3, 0.4) is 0 Å². The minimum absolute atomic E-state index is 0.114. The van der Waals surface area contributed by atoms with Crippen molar-refractivity contribution in [2.75, 3.05) is 0 Å². The van der Waals surface area contributed by atoms with Gasteiger partial charge in [0, 0.05) is 11.3 Å². The lowest BCUT2D eigenvalue weighted by Crippen LogP contribution is -2.53. The van der Waals surface area contributed by atoms with Crippen LogP contribution >= 0.6 is 0 Å². The number of fused-ring (bicyclic) bond motifs is 1. The lowest BCUT2D eigenvalue weighted by molar-refractivity contribution is -0.142. The van der Waals surface area contributed by atoms with Crippen LogP contribution in [0.2, 0.25) is 0 Å². The van der Waals surface area contributed by atoms with E-state index < -0.39 is 35.1 Å². The number of benzene rings is 1. The second-order valence-electron chi connectivity index (χ2n) is 8.48. The molecule has 0 spiro atoms. The molecule has 0 aromatic heterocycles. The molecule has 2 aliphatic rings. The van der Waals surface area contributed by atoms with E-state index in [0.717, 1.165) is 0 Å². The van der Waals surface area contributed by atoms with Gasteiger partial charge < -0.3 is 14.9 Å². The molecular formula is C22H28O5. The predicted molar refractivity (Wildman–Crippen MR) is 101 cm³/mol. The van der Waals surface area contributed by atoms with Gasteiger partial charge in [0.05, 0.1) is 11.2 Å². The van der Waals surface area contributed by atoms with Crippen molar-refractivity contribution < 1.29 is 24.5 Å². The molecule has 27 heavy (non-hydrogen) atoms. The summed E-state index contributed by atoms with van der Waals surface area (Å²) >= 11 is 0. The quantitative estimate of drug-likeness (QED) is 0.797. The zero-order chi connectivity index (χ0) is 20.0. The molecule has 1 saturated carbocycles. The lowest BCUT2D eigenvalue weighted by Gasteiger charge is -2.44. The molecule has 0 radical (unpaired) electrons. The Kier molecular flexibility index (Phi) is 5.04. The summed E-state index contributed by atoms with van der Waals surface area (Å²) in [6.45, 7) is 7.26. The molecule has 0 saturated heterocycles. The first kappa shape index (κ1) is 19.8. The van der Waals surface area contributed by atoms with Crippen LogP contribution in [0.4, 0.5) is 0 Å². The van der Waals surface area contributed by atoms with Crippen LogP contribution in [0.5, 0.6) is 0 Å². The number of ether oxygens (including phenoxy) is 1. The van der Waals surface area contributed by atoms with Crippen molar-refractivity contribution in [3.63, 3.8) is 0 Å². The Morgan fingerprint density at radius 3 is 2.44 bits per heavy atom. The maximum Gasteiger partial charge on any atom is 0.338 e. The standard InChI is InChI=1S/C22H28O5/c1-13(2)22(26)11-10-21(4)18(22)16(12-14(3)17(23)19(21)24)27-20(25)15-8-6-5-7-9-15/h5-9,12-13,16,18-19,24,26H,10-11H2,1-4H3/t16-,18+,19-,21-,22+/m0/s1. The maximum absolute atomic E-state index is 12.7. The van der Waals surface area contributed by atoms with Gasteiger partial charge in [-0.1, -0.05) is 39.0 Å². The van der Waals surface area contributed by atoms with E-state index in [0.29, 0.717) is 24.0 Å². The molecule has 0 heterocycles. The summed E-state index contributed by atoms with van der Waals surface area (Å²) < 4.78 is 5.81. The first-order valence-corrected chi connectivity index (χ1v) is 9.50. The Labute approximate surface area is 160 Å². The highest BCUT2D eigenvalue weighted by Gasteiger charge is 2.63. The number of ketones is 1. The third-order valence-electron chi connectivity index (χ3n) is 6.57. The SMILES string of the molecule is CC1=C[C@H](OC(=O)c2ccccc2)[C@@H]2[C@](C)(CC[C@@]2(O)C(C)C)[C@@H](O)C1=O. The molecule has 5 heteroatoms. The fraction of sp³-hybridized carbons (Fsp3) is 0.545. The number of hydrogen-bond donors (Lipinski definition) is 2. The van der Waals surface area contributed by atoms with E-state index >= 15 is 0 Å². The van der Waals surface area contributed by atoms with Crippen LogP contribution in [-0.2, 0) is 9.53 Å². The van der Waals surface area contributed by atoms with Gasteiger partial charge in [0.15, 0.2) is 5.78 Å². The molecule has 1 fully saturated rings. The van der Waals surface area contributed by atoms with Crippen LogP contribution in [0.15, 0.2) is 42.0 Å².